The van der Waals surface area contributed by atoms with Crippen molar-refractivity contribution in [3.05, 3.63) is 40.4 Å². The van der Waals surface area contributed by atoms with Crippen LogP contribution in [0.15, 0.2) is 29.1 Å². The highest BCUT2D eigenvalue weighted by atomic mass is 35.5. The second-order valence-corrected chi connectivity index (χ2v) is 5.99. The predicted molar refractivity (Wildman–Crippen MR) is 85.8 cm³/mol. The SMILES string of the molecule is CN1CCCCC1Cn1c(CCl)nc2ccccc2c1=O. The molecule has 21 heavy (non-hydrogen) atoms. The molecule has 1 unspecified atom stereocenters. The zero-order valence-corrected chi connectivity index (χ0v) is 13.0. The van der Waals surface area contributed by atoms with E-state index in [1.54, 1.807) is 4.57 Å². The molecule has 0 spiro atoms. The van der Waals surface area contributed by atoms with Gasteiger partial charge in [0.05, 0.1) is 16.8 Å². The molecule has 0 saturated carbocycles. The van der Waals surface area contributed by atoms with Gasteiger partial charge in [0.25, 0.3) is 5.56 Å². The van der Waals surface area contributed by atoms with Gasteiger partial charge in [0, 0.05) is 12.6 Å². The maximum atomic E-state index is 12.7. The summed E-state index contributed by atoms with van der Waals surface area (Å²) >= 11 is 6.02. The Kier molecular flexibility index (Phi) is 4.27. The number of fused-ring (bicyclic) bond motifs is 1. The average molecular weight is 306 g/mol. The fraction of sp³-hybridized carbons (Fsp3) is 0.500. The Morgan fingerprint density at radius 3 is 2.90 bits per heavy atom. The Morgan fingerprint density at radius 1 is 1.33 bits per heavy atom. The van der Waals surface area contributed by atoms with Crippen molar-refractivity contribution < 1.29 is 0 Å². The van der Waals surface area contributed by atoms with Crippen molar-refractivity contribution in [1.29, 1.82) is 0 Å². The van der Waals surface area contributed by atoms with E-state index < -0.39 is 0 Å². The number of halogens is 1. The number of nitrogens with zero attached hydrogens (tertiary/aromatic N) is 3. The van der Waals surface area contributed by atoms with Crippen LogP contribution in [0.3, 0.4) is 0 Å². The Hall–Kier alpha value is -1.39. The normalized spacial score (nSPS) is 20.0. The van der Waals surface area contributed by atoms with Gasteiger partial charge >= 0.3 is 0 Å². The van der Waals surface area contributed by atoms with Crippen molar-refractivity contribution in [2.24, 2.45) is 0 Å². The van der Waals surface area contributed by atoms with Gasteiger partial charge in [0.1, 0.15) is 5.82 Å². The van der Waals surface area contributed by atoms with Gasteiger partial charge in [-0.1, -0.05) is 18.6 Å². The average Bonchev–Trinajstić information content (AvgIpc) is 2.52. The monoisotopic (exact) mass is 305 g/mol. The van der Waals surface area contributed by atoms with E-state index in [1.807, 2.05) is 24.3 Å². The number of para-hydroxylation sites is 1. The van der Waals surface area contributed by atoms with Crippen molar-refractivity contribution in [2.45, 2.75) is 37.7 Å². The summed E-state index contributed by atoms with van der Waals surface area (Å²) in [4.78, 5) is 19.6. The molecule has 1 aromatic carbocycles. The van der Waals surface area contributed by atoms with Crippen molar-refractivity contribution in [1.82, 2.24) is 14.5 Å². The first-order chi connectivity index (χ1) is 10.2. The van der Waals surface area contributed by atoms with Crippen molar-refractivity contribution in [3.8, 4) is 0 Å². The van der Waals surface area contributed by atoms with E-state index in [4.69, 9.17) is 11.6 Å². The second-order valence-electron chi connectivity index (χ2n) is 5.72. The zero-order valence-electron chi connectivity index (χ0n) is 12.3. The van der Waals surface area contributed by atoms with Gasteiger partial charge in [-0.25, -0.2) is 4.98 Å². The molecule has 1 saturated heterocycles. The number of alkyl halides is 1. The van der Waals surface area contributed by atoms with Gasteiger partial charge in [-0.05, 0) is 38.6 Å². The number of piperidine rings is 1. The first-order valence-electron chi connectivity index (χ1n) is 7.45. The molecule has 0 radical (unpaired) electrons. The third-order valence-corrected chi connectivity index (χ3v) is 4.61. The minimum atomic E-state index is 0.0234. The molecule has 0 amide bonds. The number of rotatable bonds is 3. The highest BCUT2D eigenvalue weighted by Crippen LogP contribution is 2.18. The highest BCUT2D eigenvalue weighted by molar-refractivity contribution is 6.16. The van der Waals surface area contributed by atoms with Crippen LogP contribution in [-0.4, -0.2) is 34.1 Å². The lowest BCUT2D eigenvalue weighted by atomic mass is 10.0. The highest BCUT2D eigenvalue weighted by Gasteiger charge is 2.21. The Bertz CT molecular complexity index is 697. The summed E-state index contributed by atoms with van der Waals surface area (Å²) < 4.78 is 1.77. The van der Waals surface area contributed by atoms with Gasteiger partial charge in [-0.3, -0.25) is 9.36 Å². The number of benzene rings is 1. The van der Waals surface area contributed by atoms with Crippen LogP contribution in [0, 0.1) is 0 Å². The molecule has 112 valence electrons. The number of aromatic nitrogens is 2. The van der Waals surface area contributed by atoms with Gasteiger partial charge in [-0.2, -0.15) is 0 Å². The molecular weight excluding hydrogens is 286 g/mol. The third-order valence-electron chi connectivity index (χ3n) is 4.38. The first-order valence-corrected chi connectivity index (χ1v) is 7.99. The maximum Gasteiger partial charge on any atom is 0.261 e. The lowest BCUT2D eigenvalue weighted by molar-refractivity contribution is 0.165. The Morgan fingerprint density at radius 2 is 2.14 bits per heavy atom. The van der Waals surface area contributed by atoms with Crippen molar-refractivity contribution in [2.75, 3.05) is 13.6 Å². The van der Waals surface area contributed by atoms with E-state index >= 15 is 0 Å². The maximum absolute atomic E-state index is 12.7. The van der Waals surface area contributed by atoms with Crippen LogP contribution in [0.4, 0.5) is 0 Å². The summed E-state index contributed by atoms with van der Waals surface area (Å²) in [6.45, 7) is 1.77. The van der Waals surface area contributed by atoms with Gasteiger partial charge < -0.3 is 4.90 Å². The standard InChI is InChI=1S/C16H20ClN3O/c1-19-9-5-4-6-12(19)11-20-15(10-17)18-14-8-3-2-7-13(14)16(20)21/h2-3,7-8,12H,4-6,9-11H2,1H3. The number of hydrogen-bond acceptors (Lipinski definition) is 3. The zero-order chi connectivity index (χ0) is 14.8. The summed E-state index contributed by atoms with van der Waals surface area (Å²) in [5, 5.41) is 0.671. The molecule has 0 N–H and O–H groups in total. The Balaban J connectivity index is 2.04. The van der Waals surface area contributed by atoms with Crippen LogP contribution < -0.4 is 5.56 Å². The predicted octanol–water partition coefficient (Wildman–Crippen LogP) is 2.62. The third kappa shape index (κ3) is 2.83. The molecule has 3 rings (SSSR count). The molecule has 1 aliphatic heterocycles. The summed E-state index contributed by atoms with van der Waals surface area (Å²) in [6, 6.07) is 7.86. The molecule has 4 nitrogen and oxygen atoms in total. The Labute approximate surface area is 129 Å². The number of hydrogen-bond donors (Lipinski definition) is 0. The van der Waals surface area contributed by atoms with Crippen LogP contribution in [0.5, 0.6) is 0 Å². The summed E-state index contributed by atoms with van der Waals surface area (Å²) in [5.74, 6) is 0.926. The van der Waals surface area contributed by atoms with Crippen LogP contribution in [0.2, 0.25) is 0 Å². The fourth-order valence-corrected chi connectivity index (χ4v) is 3.29. The first kappa shape index (κ1) is 14.5. The largest absolute Gasteiger partial charge is 0.302 e. The minimum absolute atomic E-state index is 0.0234. The van der Waals surface area contributed by atoms with E-state index in [2.05, 4.69) is 16.9 Å². The molecule has 1 fully saturated rings. The van der Waals surface area contributed by atoms with E-state index in [0.717, 1.165) is 18.5 Å². The number of likely N-dealkylation sites (tertiary alicyclic amines) is 1. The molecular formula is C16H20ClN3O. The van der Waals surface area contributed by atoms with E-state index in [9.17, 15) is 4.79 Å². The molecule has 1 atom stereocenters. The molecule has 2 aromatic rings. The van der Waals surface area contributed by atoms with Gasteiger partial charge in [0.15, 0.2) is 0 Å². The molecule has 5 heteroatoms. The smallest absolute Gasteiger partial charge is 0.261 e. The molecule has 1 aromatic heterocycles. The van der Waals surface area contributed by atoms with E-state index in [1.165, 1.54) is 12.8 Å². The lowest BCUT2D eigenvalue weighted by Crippen LogP contribution is -2.42. The van der Waals surface area contributed by atoms with Crippen LogP contribution in [-0.2, 0) is 12.4 Å². The van der Waals surface area contributed by atoms with Crippen molar-refractivity contribution in [3.63, 3.8) is 0 Å². The second kappa shape index (κ2) is 6.16. The number of likely N-dealkylation sites (N-methyl/N-ethyl adjacent to an activating group) is 1. The fourth-order valence-electron chi connectivity index (χ4n) is 3.09. The van der Waals surface area contributed by atoms with Gasteiger partial charge in [-0.15, -0.1) is 11.6 Å². The molecule has 1 aliphatic rings. The summed E-state index contributed by atoms with van der Waals surface area (Å²) in [6.07, 6.45) is 3.58. The van der Waals surface area contributed by atoms with Crippen molar-refractivity contribution >= 4 is 22.5 Å². The molecule has 0 bridgehead atoms. The van der Waals surface area contributed by atoms with Crippen LogP contribution in [0.25, 0.3) is 10.9 Å². The van der Waals surface area contributed by atoms with E-state index in [0.29, 0.717) is 23.8 Å². The van der Waals surface area contributed by atoms with Crippen LogP contribution >= 0.6 is 11.6 Å². The quantitative estimate of drug-likeness (QED) is 0.818. The van der Waals surface area contributed by atoms with Crippen LogP contribution in [0.1, 0.15) is 25.1 Å². The summed E-state index contributed by atoms with van der Waals surface area (Å²) in [7, 11) is 2.13. The lowest BCUT2D eigenvalue weighted by Gasteiger charge is -2.33. The van der Waals surface area contributed by atoms with E-state index in [-0.39, 0.29) is 11.4 Å². The molecule has 0 aliphatic carbocycles. The minimum Gasteiger partial charge on any atom is -0.302 e. The topological polar surface area (TPSA) is 38.1 Å². The van der Waals surface area contributed by atoms with Gasteiger partial charge in [0.2, 0.25) is 0 Å². The summed E-state index contributed by atoms with van der Waals surface area (Å²) in [5.41, 5.74) is 0.752. The molecule has 2 heterocycles.